The fourth-order valence-corrected chi connectivity index (χ4v) is 3.26. The monoisotopic (exact) mass is 231 g/mol. The highest BCUT2D eigenvalue weighted by Crippen LogP contribution is 2.39. The van der Waals surface area contributed by atoms with Crippen molar-refractivity contribution in [2.24, 2.45) is 5.92 Å². The van der Waals surface area contributed by atoms with Gasteiger partial charge in [0.15, 0.2) is 0 Å². The number of anilines is 1. The van der Waals surface area contributed by atoms with Gasteiger partial charge < -0.3 is 10.0 Å². The molecule has 0 aliphatic carbocycles. The van der Waals surface area contributed by atoms with E-state index >= 15 is 0 Å². The molecule has 2 unspecified atom stereocenters. The maximum atomic E-state index is 11.1. The third-order valence-electron chi connectivity index (χ3n) is 4.19. The van der Waals surface area contributed by atoms with E-state index in [0.717, 1.165) is 19.3 Å². The molecule has 3 heteroatoms. The van der Waals surface area contributed by atoms with Gasteiger partial charge in [-0.25, -0.2) is 0 Å². The molecule has 0 bridgehead atoms. The van der Waals surface area contributed by atoms with Crippen LogP contribution in [0.15, 0.2) is 18.2 Å². The van der Waals surface area contributed by atoms with Gasteiger partial charge in [0, 0.05) is 18.3 Å². The summed E-state index contributed by atoms with van der Waals surface area (Å²) in [7, 11) is 0. The van der Waals surface area contributed by atoms with Crippen molar-refractivity contribution in [2.75, 3.05) is 11.4 Å². The van der Waals surface area contributed by atoms with Gasteiger partial charge in [-0.15, -0.1) is 0 Å². The fourth-order valence-electron chi connectivity index (χ4n) is 3.26. The van der Waals surface area contributed by atoms with Gasteiger partial charge in [0.05, 0.1) is 5.92 Å². The van der Waals surface area contributed by atoms with E-state index < -0.39 is 5.97 Å². The van der Waals surface area contributed by atoms with Crippen LogP contribution in [0.25, 0.3) is 0 Å². The molecular weight excluding hydrogens is 214 g/mol. The van der Waals surface area contributed by atoms with Crippen LogP contribution >= 0.6 is 0 Å². The van der Waals surface area contributed by atoms with Crippen molar-refractivity contribution in [3.8, 4) is 0 Å². The Labute approximate surface area is 101 Å². The van der Waals surface area contributed by atoms with Crippen LogP contribution in [0.5, 0.6) is 0 Å². The zero-order chi connectivity index (χ0) is 12.0. The molecule has 2 atom stereocenters. The summed E-state index contributed by atoms with van der Waals surface area (Å²) in [5.41, 5.74) is 4.01. The topological polar surface area (TPSA) is 40.5 Å². The fraction of sp³-hybridized carbons (Fsp3) is 0.500. The van der Waals surface area contributed by atoms with Crippen LogP contribution in [0.1, 0.15) is 24.0 Å². The van der Waals surface area contributed by atoms with E-state index in [1.807, 2.05) is 0 Å². The molecule has 2 aliphatic rings. The molecule has 1 N–H and O–H groups in total. The lowest BCUT2D eigenvalue weighted by Gasteiger charge is -2.34. The number of aryl methyl sites for hydroxylation is 1. The van der Waals surface area contributed by atoms with E-state index in [0.29, 0.717) is 12.6 Å². The molecule has 0 radical (unpaired) electrons. The number of hydrogen-bond acceptors (Lipinski definition) is 2. The van der Waals surface area contributed by atoms with Crippen LogP contribution in [0.3, 0.4) is 0 Å². The summed E-state index contributed by atoms with van der Waals surface area (Å²) >= 11 is 0. The number of hydrogen-bond donors (Lipinski definition) is 1. The van der Waals surface area contributed by atoms with E-state index in [-0.39, 0.29) is 5.92 Å². The minimum atomic E-state index is -0.645. The van der Waals surface area contributed by atoms with Crippen molar-refractivity contribution in [3.05, 3.63) is 29.3 Å². The molecule has 1 fully saturated rings. The van der Waals surface area contributed by atoms with Crippen LogP contribution in [-0.4, -0.2) is 23.7 Å². The normalized spacial score (nSPS) is 26.5. The van der Waals surface area contributed by atoms with Gasteiger partial charge in [-0.2, -0.15) is 0 Å². The molecule has 2 heterocycles. The summed E-state index contributed by atoms with van der Waals surface area (Å²) in [5, 5.41) is 9.14. The molecule has 0 aromatic heterocycles. The minimum absolute atomic E-state index is 0.188. The van der Waals surface area contributed by atoms with Crippen LogP contribution in [-0.2, 0) is 11.2 Å². The van der Waals surface area contributed by atoms with Gasteiger partial charge in [0.25, 0.3) is 0 Å². The van der Waals surface area contributed by atoms with Crippen LogP contribution in [0.2, 0.25) is 0 Å². The highest BCUT2D eigenvalue weighted by atomic mass is 16.4. The van der Waals surface area contributed by atoms with Gasteiger partial charge in [0.2, 0.25) is 0 Å². The number of carboxylic acids is 1. The predicted molar refractivity (Wildman–Crippen MR) is 66.4 cm³/mol. The molecule has 3 rings (SSSR count). The number of aliphatic carboxylic acids is 1. The maximum Gasteiger partial charge on any atom is 0.308 e. The highest BCUT2D eigenvalue weighted by molar-refractivity contribution is 5.73. The first-order valence-corrected chi connectivity index (χ1v) is 6.25. The second-order valence-electron chi connectivity index (χ2n) is 5.19. The van der Waals surface area contributed by atoms with Gasteiger partial charge >= 0.3 is 5.97 Å². The van der Waals surface area contributed by atoms with E-state index in [1.54, 1.807) is 0 Å². The Kier molecular flexibility index (Phi) is 2.35. The smallest absolute Gasteiger partial charge is 0.308 e. The Bertz CT molecular complexity index is 469. The molecule has 0 saturated carbocycles. The number of carboxylic acid groups (broad SMARTS) is 1. The Balaban J connectivity index is 1.97. The third kappa shape index (κ3) is 1.61. The van der Waals surface area contributed by atoms with Crippen molar-refractivity contribution in [3.63, 3.8) is 0 Å². The van der Waals surface area contributed by atoms with E-state index in [2.05, 4.69) is 30.0 Å². The molecule has 17 heavy (non-hydrogen) atoms. The summed E-state index contributed by atoms with van der Waals surface area (Å²) in [6.45, 7) is 2.82. The van der Waals surface area contributed by atoms with Crippen molar-refractivity contribution in [2.45, 2.75) is 32.2 Å². The first-order chi connectivity index (χ1) is 8.16. The zero-order valence-electron chi connectivity index (χ0n) is 10.0. The quantitative estimate of drug-likeness (QED) is 0.805. The van der Waals surface area contributed by atoms with Crippen molar-refractivity contribution in [1.82, 2.24) is 0 Å². The minimum Gasteiger partial charge on any atom is -0.481 e. The maximum absolute atomic E-state index is 11.1. The first-order valence-electron chi connectivity index (χ1n) is 6.25. The average molecular weight is 231 g/mol. The first kappa shape index (κ1) is 10.6. The van der Waals surface area contributed by atoms with Crippen LogP contribution < -0.4 is 4.90 Å². The number of nitrogens with zero attached hydrogens (tertiary/aromatic N) is 1. The van der Waals surface area contributed by atoms with Crippen molar-refractivity contribution < 1.29 is 9.90 Å². The molecule has 3 nitrogen and oxygen atoms in total. The van der Waals surface area contributed by atoms with Gasteiger partial charge in [-0.05, 0) is 43.4 Å². The van der Waals surface area contributed by atoms with Gasteiger partial charge in [-0.3, -0.25) is 4.79 Å². The summed E-state index contributed by atoms with van der Waals surface area (Å²) in [6, 6.07) is 6.79. The van der Waals surface area contributed by atoms with Crippen molar-refractivity contribution in [1.29, 1.82) is 0 Å². The Hall–Kier alpha value is -1.51. The third-order valence-corrected chi connectivity index (χ3v) is 4.19. The molecule has 1 aromatic rings. The lowest BCUT2D eigenvalue weighted by molar-refractivity contribution is -0.141. The lowest BCUT2D eigenvalue weighted by atomic mass is 9.92. The standard InChI is InChI=1S/C14H17NO2/c1-9-3-2-4-13-12(9)6-5-11-7-10(14(16)17)8-15(11)13/h2-4,10-11H,5-8H2,1H3,(H,16,17). The summed E-state index contributed by atoms with van der Waals surface area (Å²) in [6.07, 6.45) is 3.00. The van der Waals surface area contributed by atoms with Crippen molar-refractivity contribution >= 4 is 11.7 Å². The zero-order valence-corrected chi connectivity index (χ0v) is 10.0. The number of fused-ring (bicyclic) bond motifs is 3. The summed E-state index contributed by atoms with van der Waals surface area (Å²) in [5.74, 6) is -0.833. The summed E-state index contributed by atoms with van der Waals surface area (Å²) in [4.78, 5) is 13.4. The van der Waals surface area contributed by atoms with Crippen LogP contribution in [0, 0.1) is 12.8 Å². The molecule has 1 saturated heterocycles. The van der Waals surface area contributed by atoms with E-state index in [1.165, 1.54) is 16.8 Å². The Morgan fingerprint density at radius 1 is 1.47 bits per heavy atom. The second kappa shape index (κ2) is 3.76. The average Bonchev–Trinajstić information content (AvgIpc) is 2.73. The Morgan fingerprint density at radius 2 is 2.29 bits per heavy atom. The predicted octanol–water partition coefficient (Wildman–Crippen LogP) is 2.22. The van der Waals surface area contributed by atoms with Gasteiger partial charge in [-0.1, -0.05) is 12.1 Å². The van der Waals surface area contributed by atoms with Crippen LogP contribution in [0.4, 0.5) is 5.69 Å². The second-order valence-corrected chi connectivity index (χ2v) is 5.19. The molecule has 2 aliphatic heterocycles. The Morgan fingerprint density at radius 3 is 3.06 bits per heavy atom. The largest absolute Gasteiger partial charge is 0.481 e. The molecule has 0 spiro atoms. The number of benzene rings is 1. The highest BCUT2D eigenvalue weighted by Gasteiger charge is 2.38. The number of rotatable bonds is 1. The molecule has 90 valence electrons. The molecule has 0 amide bonds. The SMILES string of the molecule is Cc1cccc2c1CCC1CC(C(=O)O)CN21. The van der Waals surface area contributed by atoms with E-state index in [4.69, 9.17) is 5.11 Å². The number of carbonyl (C=O) groups is 1. The molecule has 1 aromatic carbocycles. The van der Waals surface area contributed by atoms with E-state index in [9.17, 15) is 4.79 Å². The summed E-state index contributed by atoms with van der Waals surface area (Å²) < 4.78 is 0. The molecular formula is C14H17NO2. The lowest BCUT2D eigenvalue weighted by Crippen LogP contribution is -2.34. The van der Waals surface area contributed by atoms with Gasteiger partial charge in [0.1, 0.15) is 0 Å².